The van der Waals surface area contributed by atoms with Crippen LogP contribution in [0.4, 0.5) is 4.39 Å². The van der Waals surface area contributed by atoms with Crippen molar-refractivity contribution >= 4 is 29.9 Å². The largest absolute Gasteiger partial charge is 0.383 e. The summed E-state index contributed by atoms with van der Waals surface area (Å²) >= 11 is 0. The van der Waals surface area contributed by atoms with Crippen LogP contribution < -0.4 is 5.32 Å². The van der Waals surface area contributed by atoms with Crippen molar-refractivity contribution in [1.82, 2.24) is 10.2 Å². The van der Waals surface area contributed by atoms with Crippen molar-refractivity contribution in [3.05, 3.63) is 35.6 Å². The van der Waals surface area contributed by atoms with E-state index in [1.807, 2.05) is 18.0 Å². The number of nitrogens with zero attached hydrogens (tertiary/aromatic N) is 2. The fourth-order valence-electron chi connectivity index (χ4n) is 1.63. The third-order valence-electron chi connectivity index (χ3n) is 2.47. The van der Waals surface area contributed by atoms with Crippen molar-refractivity contribution in [1.29, 1.82) is 0 Å². The topological polar surface area (TPSA) is 36.9 Å². The van der Waals surface area contributed by atoms with E-state index in [9.17, 15) is 4.39 Å². The van der Waals surface area contributed by atoms with Crippen LogP contribution in [0.5, 0.6) is 0 Å². The van der Waals surface area contributed by atoms with E-state index < -0.39 is 0 Å². The standard InChI is InChI=1S/C13H20FN3O.HI/c1-15-13(16-7-8-18-3)17(2)10-11-5-4-6-12(14)9-11;/h4-6,9H,7-8,10H2,1-3H3,(H,15,16);1H. The molecule has 0 atom stereocenters. The Morgan fingerprint density at radius 2 is 2.21 bits per heavy atom. The number of aliphatic imine (C=N–C) groups is 1. The number of nitrogens with one attached hydrogen (secondary N) is 1. The molecule has 4 nitrogen and oxygen atoms in total. The molecule has 0 aliphatic rings. The minimum absolute atomic E-state index is 0. The SMILES string of the molecule is CN=C(NCCOC)N(C)Cc1cccc(F)c1.I. The molecular weight excluding hydrogens is 360 g/mol. The van der Waals surface area contributed by atoms with E-state index in [4.69, 9.17) is 4.74 Å². The predicted molar refractivity (Wildman–Crippen MR) is 86.5 cm³/mol. The molecule has 0 amide bonds. The van der Waals surface area contributed by atoms with Crippen molar-refractivity contribution in [2.24, 2.45) is 4.99 Å². The highest BCUT2D eigenvalue weighted by Crippen LogP contribution is 2.06. The van der Waals surface area contributed by atoms with Crippen molar-refractivity contribution in [2.45, 2.75) is 6.54 Å². The molecule has 0 spiro atoms. The predicted octanol–water partition coefficient (Wildman–Crippen LogP) is 2.10. The van der Waals surface area contributed by atoms with Crippen LogP contribution in [0.25, 0.3) is 0 Å². The molecule has 0 bridgehead atoms. The van der Waals surface area contributed by atoms with Gasteiger partial charge in [-0.25, -0.2) is 4.39 Å². The molecule has 0 aliphatic heterocycles. The first-order valence-electron chi connectivity index (χ1n) is 5.82. The summed E-state index contributed by atoms with van der Waals surface area (Å²) in [5.41, 5.74) is 0.909. The van der Waals surface area contributed by atoms with Crippen molar-refractivity contribution in [2.75, 3.05) is 34.4 Å². The first kappa shape index (κ1) is 18.1. The summed E-state index contributed by atoms with van der Waals surface area (Å²) in [5.74, 6) is 0.541. The van der Waals surface area contributed by atoms with Crippen molar-refractivity contribution in [3.63, 3.8) is 0 Å². The molecule has 0 aromatic heterocycles. The Labute approximate surface area is 131 Å². The highest BCUT2D eigenvalue weighted by molar-refractivity contribution is 14.0. The highest BCUT2D eigenvalue weighted by atomic mass is 127. The zero-order valence-electron chi connectivity index (χ0n) is 11.5. The quantitative estimate of drug-likeness (QED) is 0.367. The first-order valence-corrected chi connectivity index (χ1v) is 5.82. The second-order valence-electron chi connectivity index (χ2n) is 3.95. The van der Waals surface area contributed by atoms with Crippen LogP contribution in [0, 0.1) is 5.82 Å². The molecule has 0 radical (unpaired) electrons. The Morgan fingerprint density at radius 3 is 2.79 bits per heavy atom. The average Bonchev–Trinajstić information content (AvgIpc) is 2.34. The Hall–Kier alpha value is -0.890. The molecule has 19 heavy (non-hydrogen) atoms. The Balaban J connectivity index is 0.00000324. The lowest BCUT2D eigenvalue weighted by Crippen LogP contribution is -2.39. The number of rotatable bonds is 5. The summed E-state index contributed by atoms with van der Waals surface area (Å²) < 4.78 is 18.0. The molecule has 0 saturated heterocycles. The maximum Gasteiger partial charge on any atom is 0.193 e. The van der Waals surface area contributed by atoms with Gasteiger partial charge in [0.15, 0.2) is 5.96 Å². The molecule has 1 N–H and O–H groups in total. The summed E-state index contributed by atoms with van der Waals surface area (Å²) in [4.78, 5) is 6.10. The normalized spacial score (nSPS) is 10.8. The van der Waals surface area contributed by atoms with E-state index in [1.165, 1.54) is 12.1 Å². The van der Waals surface area contributed by atoms with Gasteiger partial charge in [-0.05, 0) is 17.7 Å². The molecule has 0 heterocycles. The third kappa shape index (κ3) is 6.72. The zero-order valence-corrected chi connectivity index (χ0v) is 13.8. The minimum atomic E-state index is -0.219. The van der Waals surface area contributed by atoms with Gasteiger partial charge in [0.1, 0.15) is 5.82 Å². The van der Waals surface area contributed by atoms with Gasteiger partial charge in [-0.3, -0.25) is 4.99 Å². The van der Waals surface area contributed by atoms with E-state index in [0.29, 0.717) is 19.7 Å². The monoisotopic (exact) mass is 381 g/mol. The summed E-state index contributed by atoms with van der Waals surface area (Å²) in [6.07, 6.45) is 0. The van der Waals surface area contributed by atoms with Gasteiger partial charge in [-0.1, -0.05) is 12.1 Å². The number of guanidine groups is 1. The third-order valence-corrected chi connectivity index (χ3v) is 2.47. The molecule has 1 rings (SSSR count). The summed E-state index contributed by atoms with van der Waals surface area (Å²) in [5, 5.41) is 3.16. The van der Waals surface area contributed by atoms with Gasteiger partial charge < -0.3 is 15.0 Å². The van der Waals surface area contributed by atoms with Gasteiger partial charge in [0, 0.05) is 34.3 Å². The molecule has 1 aromatic rings. The van der Waals surface area contributed by atoms with E-state index in [1.54, 1.807) is 20.2 Å². The van der Waals surface area contributed by atoms with E-state index in [-0.39, 0.29) is 29.8 Å². The van der Waals surface area contributed by atoms with Gasteiger partial charge in [-0.2, -0.15) is 0 Å². The molecule has 0 saturated carbocycles. The van der Waals surface area contributed by atoms with E-state index >= 15 is 0 Å². The second-order valence-corrected chi connectivity index (χ2v) is 3.95. The number of ether oxygens (including phenoxy) is 1. The minimum Gasteiger partial charge on any atom is -0.383 e. The lowest BCUT2D eigenvalue weighted by molar-refractivity contribution is 0.203. The van der Waals surface area contributed by atoms with Crippen LogP contribution in [-0.2, 0) is 11.3 Å². The summed E-state index contributed by atoms with van der Waals surface area (Å²) in [7, 11) is 5.28. The molecule has 1 aromatic carbocycles. The van der Waals surface area contributed by atoms with Gasteiger partial charge in [0.05, 0.1) is 6.61 Å². The number of hydrogen-bond acceptors (Lipinski definition) is 2. The Morgan fingerprint density at radius 1 is 1.47 bits per heavy atom. The number of benzene rings is 1. The molecule has 108 valence electrons. The second kappa shape index (κ2) is 9.96. The van der Waals surface area contributed by atoms with Crippen LogP contribution in [0.2, 0.25) is 0 Å². The van der Waals surface area contributed by atoms with E-state index in [2.05, 4.69) is 10.3 Å². The smallest absolute Gasteiger partial charge is 0.193 e. The summed E-state index contributed by atoms with van der Waals surface area (Å²) in [6.45, 7) is 1.91. The fourth-order valence-corrected chi connectivity index (χ4v) is 1.63. The first-order chi connectivity index (χ1) is 8.67. The molecule has 0 unspecified atom stereocenters. The average molecular weight is 381 g/mol. The lowest BCUT2D eigenvalue weighted by atomic mass is 10.2. The fraction of sp³-hybridized carbons (Fsp3) is 0.462. The van der Waals surface area contributed by atoms with Crippen molar-refractivity contribution in [3.8, 4) is 0 Å². The van der Waals surface area contributed by atoms with Crippen LogP contribution >= 0.6 is 24.0 Å². The van der Waals surface area contributed by atoms with Crippen LogP contribution in [-0.4, -0.2) is 45.2 Å². The van der Waals surface area contributed by atoms with Gasteiger partial charge >= 0.3 is 0 Å². The van der Waals surface area contributed by atoms with Gasteiger partial charge in [0.25, 0.3) is 0 Å². The van der Waals surface area contributed by atoms with Crippen LogP contribution in [0.1, 0.15) is 5.56 Å². The summed E-state index contributed by atoms with van der Waals surface area (Å²) in [6, 6.07) is 6.57. The van der Waals surface area contributed by atoms with E-state index in [0.717, 1.165) is 11.5 Å². The number of halogens is 2. The molecular formula is C13H21FIN3O. The maximum absolute atomic E-state index is 13.1. The molecule has 0 aliphatic carbocycles. The van der Waals surface area contributed by atoms with Gasteiger partial charge in [-0.15, -0.1) is 24.0 Å². The van der Waals surface area contributed by atoms with Crippen LogP contribution in [0.3, 0.4) is 0 Å². The zero-order chi connectivity index (χ0) is 13.4. The number of methoxy groups -OCH3 is 1. The maximum atomic E-state index is 13.1. The van der Waals surface area contributed by atoms with Crippen LogP contribution in [0.15, 0.2) is 29.3 Å². The Bertz CT molecular complexity index is 401. The lowest BCUT2D eigenvalue weighted by Gasteiger charge is -2.22. The van der Waals surface area contributed by atoms with Gasteiger partial charge in [0.2, 0.25) is 0 Å². The highest BCUT2D eigenvalue weighted by Gasteiger charge is 2.06. The number of hydrogen-bond donors (Lipinski definition) is 1. The Kier molecular flexibility index (Phi) is 9.50. The molecule has 6 heteroatoms. The molecule has 0 fully saturated rings. The van der Waals surface area contributed by atoms with Crippen molar-refractivity contribution < 1.29 is 9.13 Å².